The molecule has 0 aliphatic heterocycles. The van der Waals surface area contributed by atoms with Crippen LogP contribution in [0, 0.1) is 6.92 Å². The first-order valence-corrected chi connectivity index (χ1v) is 10.0. The first kappa shape index (κ1) is 20.3. The Morgan fingerprint density at radius 1 is 1.10 bits per heavy atom. The van der Waals surface area contributed by atoms with E-state index in [1.165, 1.54) is 10.1 Å². The van der Waals surface area contributed by atoms with Crippen LogP contribution in [0.4, 0.5) is 5.82 Å². The maximum atomic E-state index is 12.8. The summed E-state index contributed by atoms with van der Waals surface area (Å²) in [6.45, 7) is 2.59. The van der Waals surface area contributed by atoms with Crippen LogP contribution in [0.15, 0.2) is 59.5 Å². The molecular formula is C22H29N7O2. The molecule has 1 amide bonds. The van der Waals surface area contributed by atoms with Crippen molar-refractivity contribution in [2.45, 2.75) is 26.4 Å². The van der Waals surface area contributed by atoms with Gasteiger partial charge in [-0.05, 0) is 36.6 Å². The second-order valence-electron chi connectivity index (χ2n) is 7.23. The monoisotopic (exact) mass is 423 g/mol. The normalized spacial score (nSPS) is 10.9. The van der Waals surface area contributed by atoms with Crippen LogP contribution in [-0.4, -0.2) is 37.4 Å². The second kappa shape index (κ2) is 9.21. The first-order chi connectivity index (χ1) is 15.1. The summed E-state index contributed by atoms with van der Waals surface area (Å²) in [6.07, 6.45) is 2.37. The number of hydrogen-bond donors (Lipinski definition) is 3. The summed E-state index contributed by atoms with van der Waals surface area (Å²) in [5.74, 6) is -0.0160. The molecule has 0 unspecified atom stereocenters. The van der Waals surface area contributed by atoms with Gasteiger partial charge in [0.2, 0.25) is 5.91 Å². The van der Waals surface area contributed by atoms with Crippen LogP contribution in [-0.2, 0) is 24.3 Å². The van der Waals surface area contributed by atoms with Crippen molar-refractivity contribution >= 4 is 22.8 Å². The number of H-pyrrole nitrogens is 1. The highest BCUT2D eigenvalue weighted by Gasteiger charge is 2.12. The molecule has 0 aliphatic rings. The van der Waals surface area contributed by atoms with Crippen molar-refractivity contribution in [3.05, 3.63) is 81.9 Å². The quantitative estimate of drug-likeness (QED) is 0.401. The summed E-state index contributed by atoms with van der Waals surface area (Å²) in [6, 6.07) is 15.6. The number of nitrogens with one attached hydrogen (secondary N) is 3. The Morgan fingerprint density at radius 2 is 1.90 bits per heavy atom. The fourth-order valence-electron chi connectivity index (χ4n) is 3.25. The van der Waals surface area contributed by atoms with E-state index in [0.29, 0.717) is 18.8 Å². The number of amides is 1. The largest absolute Gasteiger partial charge is 0.365 e. The molecule has 0 spiro atoms. The third kappa shape index (κ3) is 4.95. The maximum absolute atomic E-state index is 12.8. The molecule has 4 rings (SSSR count). The van der Waals surface area contributed by atoms with Gasteiger partial charge in [0.05, 0.1) is 0 Å². The van der Waals surface area contributed by atoms with E-state index in [-0.39, 0.29) is 28.1 Å². The van der Waals surface area contributed by atoms with Crippen molar-refractivity contribution in [1.29, 1.82) is 0 Å². The van der Waals surface area contributed by atoms with Gasteiger partial charge in [-0.3, -0.25) is 14.2 Å². The van der Waals surface area contributed by atoms with Gasteiger partial charge >= 0.3 is 0 Å². The predicted octanol–water partition coefficient (Wildman–Crippen LogP) is 2.53. The molecule has 0 bridgehead atoms. The lowest BCUT2D eigenvalue weighted by atomic mass is 10.1. The fraction of sp³-hybridized carbons (Fsp3) is 0.227. The number of benzene rings is 2. The van der Waals surface area contributed by atoms with Gasteiger partial charge in [-0.25, -0.2) is 4.98 Å². The third-order valence-corrected chi connectivity index (χ3v) is 4.98. The van der Waals surface area contributed by atoms with Gasteiger partial charge in [0.1, 0.15) is 17.6 Å². The number of carbonyl (C=O) groups is 1. The summed E-state index contributed by atoms with van der Waals surface area (Å²) in [7, 11) is 0. The highest BCUT2D eigenvalue weighted by atomic mass is 16.2. The lowest BCUT2D eigenvalue weighted by molar-refractivity contribution is -0.121. The first-order valence-electron chi connectivity index (χ1n) is 10.0. The van der Waals surface area contributed by atoms with E-state index in [2.05, 4.69) is 31.0 Å². The molecule has 0 radical (unpaired) electrons. The topological polar surface area (TPSA) is 118 Å². The molecule has 2 aromatic carbocycles. The Labute approximate surface area is 183 Å². The van der Waals surface area contributed by atoms with Gasteiger partial charge in [0.15, 0.2) is 5.82 Å². The highest BCUT2D eigenvalue weighted by molar-refractivity contribution is 5.77. The number of nitrogens with zero attached hydrogens (tertiary/aromatic N) is 4. The van der Waals surface area contributed by atoms with Gasteiger partial charge in [-0.2, -0.15) is 15.4 Å². The van der Waals surface area contributed by atoms with Crippen LogP contribution in [0.1, 0.15) is 21.1 Å². The zero-order valence-corrected chi connectivity index (χ0v) is 17.1. The number of aryl methyl sites for hydroxylation is 1. The fourth-order valence-corrected chi connectivity index (χ4v) is 3.25. The summed E-state index contributed by atoms with van der Waals surface area (Å²) in [5, 5.41) is 16.5. The molecule has 0 saturated carbocycles. The standard InChI is InChI=1S/C22H23N7O2.3H2/c1-15-12-25-21(23-10-9-16-5-3-2-4-6-16)22(31)29(15)14-20(30)24-13-17-7-8-18-19(11-17)27-28-26-18;;;/h2-8,11-12H,9-10,13-14H2,1H3,(H,23,25)(H,24,30)(H,26,27,28);3*1H. The van der Waals surface area contributed by atoms with E-state index in [9.17, 15) is 9.59 Å². The zero-order valence-electron chi connectivity index (χ0n) is 17.1. The maximum Gasteiger partial charge on any atom is 0.293 e. The van der Waals surface area contributed by atoms with Crippen molar-refractivity contribution in [3.8, 4) is 0 Å². The number of fused-ring (bicyclic) bond motifs is 1. The minimum atomic E-state index is -0.313. The van der Waals surface area contributed by atoms with Gasteiger partial charge in [0.25, 0.3) is 5.56 Å². The van der Waals surface area contributed by atoms with Crippen LogP contribution < -0.4 is 16.2 Å². The third-order valence-electron chi connectivity index (χ3n) is 4.98. The van der Waals surface area contributed by atoms with Crippen LogP contribution >= 0.6 is 0 Å². The Hall–Kier alpha value is -4.01. The van der Waals surface area contributed by atoms with Crippen LogP contribution in [0.3, 0.4) is 0 Å². The molecule has 9 nitrogen and oxygen atoms in total. The number of aromatic amines is 1. The molecule has 9 heteroatoms. The van der Waals surface area contributed by atoms with Crippen molar-refractivity contribution in [3.63, 3.8) is 0 Å². The van der Waals surface area contributed by atoms with E-state index in [4.69, 9.17) is 0 Å². The molecule has 2 heterocycles. The number of carbonyl (C=O) groups excluding carboxylic acids is 1. The zero-order chi connectivity index (χ0) is 21.6. The Bertz CT molecular complexity index is 1260. The molecule has 3 N–H and O–H groups in total. The molecule has 0 aliphatic carbocycles. The summed E-state index contributed by atoms with van der Waals surface area (Å²) >= 11 is 0. The minimum Gasteiger partial charge on any atom is -0.365 e. The van der Waals surface area contributed by atoms with Crippen LogP contribution in [0.2, 0.25) is 0 Å². The SMILES string of the molecule is Cc1cnc(NCCc2ccccc2)c(=O)n1CC(=O)NCc1ccc2n[nH]nc2c1.[HH].[HH].[HH]. The molecule has 0 atom stereocenters. The van der Waals surface area contributed by atoms with Crippen molar-refractivity contribution in [2.75, 3.05) is 11.9 Å². The van der Waals surface area contributed by atoms with Crippen molar-refractivity contribution in [1.82, 2.24) is 30.3 Å². The molecule has 2 aromatic heterocycles. The van der Waals surface area contributed by atoms with Gasteiger partial charge in [-0.1, -0.05) is 36.4 Å². The average Bonchev–Trinajstić information content (AvgIpc) is 3.25. The number of aromatic nitrogens is 5. The molecule has 0 fully saturated rings. The summed E-state index contributed by atoms with van der Waals surface area (Å²) in [4.78, 5) is 29.5. The minimum absolute atomic E-state index is 0. The predicted molar refractivity (Wildman–Crippen MR) is 124 cm³/mol. The van der Waals surface area contributed by atoms with Crippen LogP contribution in [0.5, 0.6) is 0 Å². The summed E-state index contributed by atoms with van der Waals surface area (Å²) < 4.78 is 1.42. The highest BCUT2D eigenvalue weighted by Crippen LogP contribution is 2.10. The number of hydrogen-bond acceptors (Lipinski definition) is 6. The lowest BCUT2D eigenvalue weighted by Crippen LogP contribution is -2.34. The van der Waals surface area contributed by atoms with E-state index < -0.39 is 0 Å². The van der Waals surface area contributed by atoms with E-state index in [0.717, 1.165) is 23.0 Å². The van der Waals surface area contributed by atoms with Crippen molar-refractivity contribution in [2.24, 2.45) is 0 Å². The van der Waals surface area contributed by atoms with Crippen molar-refractivity contribution < 1.29 is 9.07 Å². The molecule has 0 saturated heterocycles. The molecule has 164 valence electrons. The molecule has 4 aromatic rings. The second-order valence-corrected chi connectivity index (χ2v) is 7.23. The van der Waals surface area contributed by atoms with E-state index >= 15 is 0 Å². The number of rotatable bonds is 8. The van der Waals surface area contributed by atoms with Crippen LogP contribution in [0.25, 0.3) is 11.0 Å². The Kier molecular flexibility index (Phi) is 6.02. The molecular weight excluding hydrogens is 394 g/mol. The van der Waals surface area contributed by atoms with E-state index in [1.54, 1.807) is 13.1 Å². The van der Waals surface area contributed by atoms with Gasteiger partial charge in [0, 0.05) is 29.3 Å². The Balaban J connectivity index is 0.00000193. The lowest BCUT2D eigenvalue weighted by Gasteiger charge is -2.12. The summed E-state index contributed by atoms with van der Waals surface area (Å²) in [5.41, 5.74) is 3.88. The Morgan fingerprint density at radius 3 is 2.74 bits per heavy atom. The average molecular weight is 424 g/mol. The molecule has 31 heavy (non-hydrogen) atoms. The van der Waals surface area contributed by atoms with E-state index in [1.807, 2.05) is 48.5 Å². The smallest absolute Gasteiger partial charge is 0.293 e. The number of anilines is 1. The van der Waals surface area contributed by atoms with Gasteiger partial charge in [-0.15, -0.1) is 0 Å². The van der Waals surface area contributed by atoms with Gasteiger partial charge < -0.3 is 10.6 Å².